The van der Waals surface area contributed by atoms with E-state index in [9.17, 15) is 0 Å². The third-order valence-corrected chi connectivity index (χ3v) is 2.99. The van der Waals surface area contributed by atoms with E-state index < -0.39 is 0 Å². The van der Waals surface area contributed by atoms with Crippen LogP contribution in [-0.4, -0.2) is 6.54 Å². The summed E-state index contributed by atoms with van der Waals surface area (Å²) in [5.74, 6) is 2.66. The number of rotatable bonds is 6. The van der Waals surface area contributed by atoms with Crippen molar-refractivity contribution < 1.29 is 0 Å². The molecular formula is C14H17Cl2N. The van der Waals surface area contributed by atoms with Crippen molar-refractivity contribution in [2.24, 2.45) is 0 Å². The van der Waals surface area contributed by atoms with Crippen LogP contribution >= 0.6 is 23.2 Å². The van der Waals surface area contributed by atoms with Crippen molar-refractivity contribution in [2.75, 3.05) is 6.54 Å². The second-order valence-corrected chi connectivity index (χ2v) is 4.78. The first-order chi connectivity index (χ1) is 8.17. The largest absolute Gasteiger partial charge is 0.310 e. The Hall–Kier alpha value is -0.680. The number of hydrogen-bond acceptors (Lipinski definition) is 1. The molecule has 0 aromatic heterocycles. The monoisotopic (exact) mass is 269 g/mol. The van der Waals surface area contributed by atoms with Crippen LogP contribution in [0.5, 0.6) is 0 Å². The van der Waals surface area contributed by atoms with E-state index in [0.717, 1.165) is 31.4 Å². The van der Waals surface area contributed by atoms with Gasteiger partial charge in [0, 0.05) is 22.5 Å². The van der Waals surface area contributed by atoms with Gasteiger partial charge in [-0.05, 0) is 43.1 Å². The topological polar surface area (TPSA) is 12.0 Å². The molecule has 0 aliphatic rings. The third kappa shape index (κ3) is 5.00. The van der Waals surface area contributed by atoms with Crippen molar-refractivity contribution >= 4 is 23.2 Å². The molecular weight excluding hydrogens is 253 g/mol. The molecule has 0 amide bonds. The fourth-order valence-electron chi connectivity index (χ4n) is 1.82. The number of terminal acetylenes is 1. The molecule has 3 heteroatoms. The van der Waals surface area contributed by atoms with Gasteiger partial charge < -0.3 is 5.32 Å². The van der Waals surface area contributed by atoms with Gasteiger partial charge in [0.15, 0.2) is 0 Å². The Kier molecular flexibility index (Phi) is 6.44. The highest BCUT2D eigenvalue weighted by Gasteiger charge is 2.11. The SMILES string of the molecule is C#CCCCC(NCC)c1cc(Cl)cc(Cl)c1. The zero-order valence-corrected chi connectivity index (χ0v) is 11.5. The van der Waals surface area contributed by atoms with E-state index in [2.05, 4.69) is 18.2 Å². The maximum atomic E-state index is 6.01. The van der Waals surface area contributed by atoms with Gasteiger partial charge in [-0.2, -0.15) is 0 Å². The molecule has 0 saturated heterocycles. The Labute approximate surface area is 114 Å². The molecule has 0 fully saturated rings. The van der Waals surface area contributed by atoms with E-state index in [1.807, 2.05) is 12.1 Å². The smallest absolute Gasteiger partial charge is 0.0424 e. The molecule has 0 radical (unpaired) electrons. The Balaban J connectivity index is 2.77. The highest BCUT2D eigenvalue weighted by atomic mass is 35.5. The lowest BCUT2D eigenvalue weighted by Crippen LogP contribution is -2.20. The summed E-state index contributed by atoms with van der Waals surface area (Å²) < 4.78 is 0. The van der Waals surface area contributed by atoms with Crippen LogP contribution < -0.4 is 5.32 Å². The average molecular weight is 270 g/mol. The van der Waals surface area contributed by atoms with E-state index in [0.29, 0.717) is 10.0 Å². The van der Waals surface area contributed by atoms with Gasteiger partial charge in [-0.25, -0.2) is 0 Å². The third-order valence-electron chi connectivity index (χ3n) is 2.55. The second-order valence-electron chi connectivity index (χ2n) is 3.91. The Bertz CT molecular complexity index is 375. The molecule has 1 aromatic carbocycles. The summed E-state index contributed by atoms with van der Waals surface area (Å²) in [5.41, 5.74) is 1.13. The summed E-state index contributed by atoms with van der Waals surface area (Å²) in [7, 11) is 0. The minimum atomic E-state index is 0.268. The molecule has 1 rings (SSSR count). The maximum absolute atomic E-state index is 6.01. The summed E-state index contributed by atoms with van der Waals surface area (Å²) in [5, 5.41) is 4.77. The van der Waals surface area contributed by atoms with Crippen LogP contribution in [-0.2, 0) is 0 Å². The zero-order valence-electron chi connectivity index (χ0n) is 9.97. The fourth-order valence-corrected chi connectivity index (χ4v) is 2.36. The van der Waals surface area contributed by atoms with Crippen LogP contribution in [0.3, 0.4) is 0 Å². The summed E-state index contributed by atoms with van der Waals surface area (Å²) in [6, 6.07) is 5.93. The molecule has 1 aromatic rings. The van der Waals surface area contributed by atoms with E-state index in [-0.39, 0.29) is 6.04 Å². The van der Waals surface area contributed by atoms with Crippen molar-refractivity contribution in [3.8, 4) is 12.3 Å². The first kappa shape index (κ1) is 14.4. The quantitative estimate of drug-likeness (QED) is 0.595. The number of hydrogen-bond donors (Lipinski definition) is 1. The number of nitrogens with one attached hydrogen (secondary N) is 1. The summed E-state index contributed by atoms with van der Waals surface area (Å²) in [4.78, 5) is 0. The molecule has 0 aliphatic heterocycles. The highest BCUT2D eigenvalue weighted by Crippen LogP contribution is 2.26. The summed E-state index contributed by atoms with van der Waals surface area (Å²) in [6.45, 7) is 2.99. The van der Waals surface area contributed by atoms with Gasteiger partial charge in [0.05, 0.1) is 0 Å². The standard InChI is InChI=1S/C14H17Cl2N/c1-3-5-6-7-14(17-4-2)11-8-12(15)10-13(16)9-11/h1,8-10,14,17H,4-7H2,2H3. The minimum absolute atomic E-state index is 0.268. The van der Waals surface area contributed by atoms with Gasteiger partial charge >= 0.3 is 0 Å². The predicted molar refractivity (Wildman–Crippen MR) is 75.6 cm³/mol. The van der Waals surface area contributed by atoms with Gasteiger partial charge in [0.25, 0.3) is 0 Å². The first-order valence-corrected chi connectivity index (χ1v) is 6.55. The van der Waals surface area contributed by atoms with Gasteiger partial charge in [-0.3, -0.25) is 0 Å². The van der Waals surface area contributed by atoms with Gasteiger partial charge in [0.2, 0.25) is 0 Å². The average Bonchev–Trinajstić information content (AvgIpc) is 2.27. The van der Waals surface area contributed by atoms with Crippen LogP contribution in [0.25, 0.3) is 0 Å². The molecule has 0 heterocycles. The van der Waals surface area contributed by atoms with Crippen molar-refractivity contribution in [1.29, 1.82) is 0 Å². The number of benzene rings is 1. The lowest BCUT2D eigenvalue weighted by molar-refractivity contribution is 0.502. The van der Waals surface area contributed by atoms with Crippen LogP contribution in [0.4, 0.5) is 0 Å². The molecule has 1 N–H and O–H groups in total. The Morgan fingerprint density at radius 3 is 2.47 bits per heavy atom. The second kappa shape index (κ2) is 7.61. The molecule has 1 atom stereocenters. The number of unbranched alkanes of at least 4 members (excludes halogenated alkanes) is 1. The summed E-state index contributed by atoms with van der Waals surface area (Å²) >= 11 is 12.0. The predicted octanol–water partition coefficient (Wildman–Crippen LogP) is 4.45. The maximum Gasteiger partial charge on any atom is 0.0424 e. The van der Waals surface area contributed by atoms with Crippen LogP contribution in [0, 0.1) is 12.3 Å². The molecule has 1 unspecified atom stereocenters. The van der Waals surface area contributed by atoms with Crippen molar-refractivity contribution in [3.63, 3.8) is 0 Å². The lowest BCUT2D eigenvalue weighted by atomic mass is 10.0. The number of halogens is 2. The Morgan fingerprint density at radius 2 is 1.94 bits per heavy atom. The highest BCUT2D eigenvalue weighted by molar-refractivity contribution is 6.34. The zero-order chi connectivity index (χ0) is 12.7. The van der Waals surface area contributed by atoms with Crippen molar-refractivity contribution in [3.05, 3.63) is 33.8 Å². The molecule has 1 nitrogen and oxygen atoms in total. The molecule has 0 bridgehead atoms. The molecule has 0 spiro atoms. The molecule has 92 valence electrons. The van der Waals surface area contributed by atoms with E-state index in [4.69, 9.17) is 29.6 Å². The Morgan fingerprint density at radius 1 is 1.29 bits per heavy atom. The lowest BCUT2D eigenvalue weighted by Gasteiger charge is -2.18. The van der Waals surface area contributed by atoms with Gasteiger partial charge in [-0.1, -0.05) is 30.1 Å². The van der Waals surface area contributed by atoms with Crippen LogP contribution in [0.15, 0.2) is 18.2 Å². The fraction of sp³-hybridized carbons (Fsp3) is 0.429. The summed E-state index contributed by atoms with van der Waals surface area (Å²) in [6.07, 6.45) is 8.06. The van der Waals surface area contributed by atoms with E-state index in [1.54, 1.807) is 6.07 Å². The van der Waals surface area contributed by atoms with E-state index in [1.165, 1.54) is 0 Å². The van der Waals surface area contributed by atoms with Crippen molar-refractivity contribution in [1.82, 2.24) is 5.32 Å². The van der Waals surface area contributed by atoms with Gasteiger partial charge in [0.1, 0.15) is 0 Å². The minimum Gasteiger partial charge on any atom is -0.310 e. The molecule has 0 saturated carbocycles. The normalized spacial score (nSPS) is 12.1. The molecule has 0 aliphatic carbocycles. The van der Waals surface area contributed by atoms with Crippen LogP contribution in [0.1, 0.15) is 37.8 Å². The van der Waals surface area contributed by atoms with Gasteiger partial charge in [-0.15, -0.1) is 12.3 Å². The van der Waals surface area contributed by atoms with Crippen molar-refractivity contribution in [2.45, 2.75) is 32.2 Å². The van der Waals surface area contributed by atoms with Crippen LogP contribution in [0.2, 0.25) is 10.0 Å². The molecule has 17 heavy (non-hydrogen) atoms. The first-order valence-electron chi connectivity index (χ1n) is 5.80. The van der Waals surface area contributed by atoms with E-state index >= 15 is 0 Å².